The highest BCUT2D eigenvalue weighted by Gasteiger charge is 2.18. The second kappa shape index (κ2) is 4.07. The quantitative estimate of drug-likeness (QED) is 0.767. The first-order chi connectivity index (χ1) is 6.43. The van der Waals surface area contributed by atoms with Crippen molar-refractivity contribution < 1.29 is 14.2 Å². The summed E-state index contributed by atoms with van der Waals surface area (Å²) in [6.45, 7) is 5.54. The third kappa shape index (κ3) is 2.11. The van der Waals surface area contributed by atoms with Crippen LogP contribution in [0.1, 0.15) is 28.1 Å². The Hall–Kier alpha value is -0.920. The Morgan fingerprint density at radius 1 is 1.14 bits per heavy atom. The normalized spacial score (nSPS) is 12.6. The average molecular weight is 212 g/mol. The van der Waals surface area contributed by atoms with Crippen LogP contribution in [0.5, 0.6) is 0 Å². The summed E-state index contributed by atoms with van der Waals surface area (Å²) >= 11 is 0. The molecule has 0 saturated heterocycles. The molecule has 0 bridgehead atoms. The SMILES string of the molecule is Cc1cc(C)c(C(O)P(=O)=O)c(C)c1. The third-order valence-corrected chi connectivity index (χ3v) is 2.85. The Morgan fingerprint density at radius 3 is 1.93 bits per heavy atom. The topological polar surface area (TPSA) is 54.4 Å². The molecule has 0 aliphatic rings. The smallest absolute Gasteiger partial charge is 0.349 e. The predicted molar refractivity (Wildman–Crippen MR) is 53.9 cm³/mol. The molecule has 0 heterocycles. The fourth-order valence-electron chi connectivity index (χ4n) is 1.70. The minimum absolute atomic E-state index is 0.506. The molecule has 1 aromatic carbocycles. The van der Waals surface area contributed by atoms with Gasteiger partial charge in [-0.15, -0.1) is 0 Å². The van der Waals surface area contributed by atoms with E-state index in [1.54, 1.807) is 13.8 Å². The Labute approximate surface area is 83.6 Å². The zero-order valence-corrected chi connectivity index (χ0v) is 9.34. The Morgan fingerprint density at radius 2 is 1.57 bits per heavy atom. The molecule has 0 saturated carbocycles. The van der Waals surface area contributed by atoms with Crippen LogP contribution in [0.2, 0.25) is 0 Å². The number of rotatable bonds is 2. The lowest BCUT2D eigenvalue weighted by molar-refractivity contribution is 0.249. The highest BCUT2D eigenvalue weighted by molar-refractivity contribution is 7.31. The standard InChI is InChI=1S/C10H13O3P/c1-6-4-7(2)9(8(3)5-6)10(11)14(12)13/h4-5,10-11H,1-3H3. The second-order valence-electron chi connectivity index (χ2n) is 3.47. The van der Waals surface area contributed by atoms with E-state index in [-0.39, 0.29) is 0 Å². The van der Waals surface area contributed by atoms with Crippen LogP contribution >= 0.6 is 7.68 Å². The van der Waals surface area contributed by atoms with E-state index >= 15 is 0 Å². The van der Waals surface area contributed by atoms with E-state index in [1.807, 2.05) is 19.1 Å². The van der Waals surface area contributed by atoms with Gasteiger partial charge in [0.25, 0.3) is 0 Å². The molecule has 0 fully saturated rings. The first-order valence-corrected chi connectivity index (χ1v) is 5.57. The van der Waals surface area contributed by atoms with Gasteiger partial charge in [-0.1, -0.05) is 17.7 Å². The first-order valence-electron chi connectivity index (χ1n) is 4.32. The molecule has 0 spiro atoms. The fourth-order valence-corrected chi connectivity index (χ4v) is 2.32. The summed E-state index contributed by atoms with van der Waals surface area (Å²) in [4.78, 5) is 0. The molecule has 0 radical (unpaired) electrons. The number of benzene rings is 1. The van der Waals surface area contributed by atoms with Crippen molar-refractivity contribution in [3.05, 3.63) is 34.4 Å². The molecule has 0 aliphatic carbocycles. The van der Waals surface area contributed by atoms with Crippen molar-refractivity contribution in [2.75, 3.05) is 0 Å². The van der Waals surface area contributed by atoms with Gasteiger partial charge in [0.2, 0.25) is 0 Å². The van der Waals surface area contributed by atoms with Crippen molar-refractivity contribution in [3.8, 4) is 0 Å². The lowest BCUT2D eigenvalue weighted by Gasteiger charge is -2.11. The van der Waals surface area contributed by atoms with Gasteiger partial charge in [0.15, 0.2) is 5.85 Å². The van der Waals surface area contributed by atoms with Crippen LogP contribution in [0.25, 0.3) is 0 Å². The highest BCUT2D eigenvalue weighted by Crippen LogP contribution is 2.33. The third-order valence-electron chi connectivity index (χ3n) is 2.20. The van der Waals surface area contributed by atoms with Crippen LogP contribution in [0, 0.1) is 20.8 Å². The second-order valence-corrected chi connectivity index (χ2v) is 4.53. The van der Waals surface area contributed by atoms with Gasteiger partial charge in [-0.05, 0) is 31.9 Å². The maximum absolute atomic E-state index is 10.7. The fraction of sp³-hybridized carbons (Fsp3) is 0.400. The van der Waals surface area contributed by atoms with Crippen molar-refractivity contribution >= 4 is 7.68 Å². The summed E-state index contributed by atoms with van der Waals surface area (Å²) in [5.74, 6) is -1.38. The molecule has 14 heavy (non-hydrogen) atoms. The molecule has 0 aromatic heterocycles. The van der Waals surface area contributed by atoms with Gasteiger partial charge in [-0.2, -0.15) is 0 Å². The molecule has 0 amide bonds. The summed E-state index contributed by atoms with van der Waals surface area (Å²) in [6, 6.07) is 3.73. The van der Waals surface area contributed by atoms with Crippen LogP contribution in [0.3, 0.4) is 0 Å². The Balaban J connectivity index is 3.34. The molecule has 1 unspecified atom stereocenters. The van der Waals surface area contributed by atoms with Gasteiger partial charge in [0.05, 0.1) is 0 Å². The van der Waals surface area contributed by atoms with Crippen molar-refractivity contribution in [1.82, 2.24) is 0 Å². The van der Waals surface area contributed by atoms with E-state index in [9.17, 15) is 14.2 Å². The molecule has 0 aliphatic heterocycles. The van der Waals surface area contributed by atoms with E-state index < -0.39 is 13.5 Å². The maximum atomic E-state index is 10.7. The maximum Gasteiger partial charge on any atom is 0.349 e. The molecule has 76 valence electrons. The van der Waals surface area contributed by atoms with Gasteiger partial charge in [-0.3, -0.25) is 0 Å². The Kier molecular flexibility index (Phi) is 3.25. The minimum atomic E-state index is -2.82. The number of aryl methyl sites for hydroxylation is 3. The molecule has 1 rings (SSSR count). The lowest BCUT2D eigenvalue weighted by atomic mass is 10.0. The summed E-state index contributed by atoms with van der Waals surface area (Å²) < 4.78 is 21.4. The van der Waals surface area contributed by atoms with Gasteiger partial charge >= 0.3 is 7.68 Å². The van der Waals surface area contributed by atoms with Crippen molar-refractivity contribution in [2.24, 2.45) is 0 Å². The average Bonchev–Trinajstić information content (AvgIpc) is 2.01. The predicted octanol–water partition coefficient (Wildman–Crippen LogP) is 2.78. The zero-order valence-electron chi connectivity index (χ0n) is 8.44. The van der Waals surface area contributed by atoms with Crippen LogP contribution in [0.15, 0.2) is 12.1 Å². The van der Waals surface area contributed by atoms with Crippen LogP contribution in [-0.4, -0.2) is 5.11 Å². The lowest BCUT2D eigenvalue weighted by Crippen LogP contribution is -1.98. The summed E-state index contributed by atoms with van der Waals surface area (Å²) in [6.07, 6.45) is 0. The Bertz CT molecular complexity index is 390. The van der Waals surface area contributed by atoms with Crippen LogP contribution in [-0.2, 0) is 9.13 Å². The zero-order chi connectivity index (χ0) is 10.9. The molecule has 4 heteroatoms. The number of aliphatic hydroxyl groups excluding tert-OH is 1. The van der Waals surface area contributed by atoms with Crippen LogP contribution < -0.4 is 0 Å². The van der Waals surface area contributed by atoms with E-state index in [0.717, 1.165) is 16.7 Å². The van der Waals surface area contributed by atoms with Gasteiger partial charge in [0, 0.05) is 5.56 Å². The van der Waals surface area contributed by atoms with E-state index in [0.29, 0.717) is 5.56 Å². The monoisotopic (exact) mass is 212 g/mol. The first kappa shape index (κ1) is 11.2. The summed E-state index contributed by atoms with van der Waals surface area (Å²) in [5.41, 5.74) is 3.20. The van der Waals surface area contributed by atoms with Gasteiger partial charge in [-0.25, -0.2) is 9.13 Å². The van der Waals surface area contributed by atoms with Crippen LogP contribution in [0.4, 0.5) is 0 Å². The number of hydrogen-bond donors (Lipinski definition) is 1. The molecule has 1 atom stereocenters. The summed E-state index contributed by atoms with van der Waals surface area (Å²) in [5, 5.41) is 9.45. The van der Waals surface area contributed by atoms with Crippen molar-refractivity contribution in [3.63, 3.8) is 0 Å². The van der Waals surface area contributed by atoms with Gasteiger partial charge < -0.3 is 5.11 Å². The molecular formula is C10H13O3P. The van der Waals surface area contributed by atoms with E-state index in [2.05, 4.69) is 0 Å². The van der Waals surface area contributed by atoms with Gasteiger partial charge in [0.1, 0.15) is 0 Å². The summed E-state index contributed by atoms with van der Waals surface area (Å²) in [7, 11) is -2.82. The molecule has 1 aromatic rings. The highest BCUT2D eigenvalue weighted by atomic mass is 31.1. The van der Waals surface area contributed by atoms with Crippen molar-refractivity contribution in [1.29, 1.82) is 0 Å². The minimum Gasteiger partial charge on any atom is -0.374 e. The largest absolute Gasteiger partial charge is 0.374 e. The molecular weight excluding hydrogens is 199 g/mol. The molecule has 3 nitrogen and oxygen atoms in total. The van der Waals surface area contributed by atoms with E-state index in [1.165, 1.54) is 0 Å². The number of aliphatic hydroxyl groups is 1. The van der Waals surface area contributed by atoms with E-state index in [4.69, 9.17) is 0 Å². The molecule has 1 N–H and O–H groups in total. The number of hydrogen-bond acceptors (Lipinski definition) is 3. The van der Waals surface area contributed by atoms with Crippen molar-refractivity contribution in [2.45, 2.75) is 26.6 Å².